The Hall–Kier alpha value is -3.66. The molecule has 0 saturated carbocycles. The molecule has 162 valence electrons. The lowest BCUT2D eigenvalue weighted by molar-refractivity contribution is -0.688. The molecule has 0 spiro atoms. The van der Waals surface area contributed by atoms with E-state index in [1.807, 2.05) is 12.2 Å². The monoisotopic (exact) mass is 424 g/mol. The Morgan fingerprint density at radius 3 is 1.59 bits per heavy atom. The molecule has 0 amide bonds. The van der Waals surface area contributed by atoms with Crippen LogP contribution in [0, 0.1) is 0 Å². The summed E-state index contributed by atoms with van der Waals surface area (Å²) in [6.07, 6.45) is 19.1. The summed E-state index contributed by atoms with van der Waals surface area (Å²) >= 11 is 0. The molecule has 2 aromatic carbocycles. The summed E-state index contributed by atoms with van der Waals surface area (Å²) in [6.45, 7) is 11.6. The number of nitrogens with zero attached hydrogens (tertiary/aromatic N) is 4. The molecule has 0 N–H and O–H groups in total. The minimum absolute atomic E-state index is 0.883. The van der Waals surface area contributed by atoms with Gasteiger partial charge in [0.2, 0.25) is 12.7 Å². The van der Waals surface area contributed by atoms with E-state index in [0.29, 0.717) is 0 Å². The lowest BCUT2D eigenvalue weighted by Crippen LogP contribution is -2.31. The Balaban J connectivity index is 1.22. The van der Waals surface area contributed by atoms with E-state index < -0.39 is 0 Å². The third kappa shape index (κ3) is 5.94. The van der Waals surface area contributed by atoms with Crippen molar-refractivity contribution in [1.82, 2.24) is 9.13 Å². The first-order valence-electron chi connectivity index (χ1n) is 11.2. The first-order chi connectivity index (χ1) is 15.7. The fourth-order valence-corrected chi connectivity index (χ4v) is 3.98. The van der Waals surface area contributed by atoms with Crippen LogP contribution in [0.3, 0.4) is 0 Å². The van der Waals surface area contributed by atoms with Crippen molar-refractivity contribution in [2.24, 2.45) is 0 Å². The smallest absolute Gasteiger partial charge is 0.237 e. The van der Waals surface area contributed by atoms with Gasteiger partial charge >= 0.3 is 0 Å². The Labute approximate surface area is 191 Å². The zero-order valence-corrected chi connectivity index (χ0v) is 18.7. The van der Waals surface area contributed by atoms with Crippen LogP contribution in [0.25, 0.3) is 12.2 Å². The van der Waals surface area contributed by atoms with E-state index in [0.717, 1.165) is 39.0 Å². The predicted molar refractivity (Wildman–Crippen MR) is 130 cm³/mol. The Kier molecular flexibility index (Phi) is 7.13. The van der Waals surface area contributed by atoms with Gasteiger partial charge in [0.15, 0.2) is 0 Å². The molecule has 0 radical (unpaired) electrons. The summed E-state index contributed by atoms with van der Waals surface area (Å²) in [7, 11) is 0. The van der Waals surface area contributed by atoms with Gasteiger partial charge in [-0.2, -0.15) is 0 Å². The molecule has 0 bridgehead atoms. The van der Waals surface area contributed by atoms with Crippen LogP contribution in [-0.2, 0) is 26.2 Å². The maximum Gasteiger partial charge on any atom is 0.244 e. The quantitative estimate of drug-likeness (QED) is 0.245. The molecule has 0 saturated heterocycles. The van der Waals surface area contributed by atoms with Gasteiger partial charge in [-0.05, 0) is 47.2 Å². The fourth-order valence-electron chi connectivity index (χ4n) is 3.98. The van der Waals surface area contributed by atoms with Gasteiger partial charge in [-0.3, -0.25) is 0 Å². The molecule has 4 rings (SSSR count). The molecule has 4 nitrogen and oxygen atoms in total. The van der Waals surface area contributed by atoms with Crippen LogP contribution >= 0.6 is 0 Å². The summed E-state index contributed by atoms with van der Waals surface area (Å²) < 4.78 is 9.02. The van der Waals surface area contributed by atoms with Crippen molar-refractivity contribution in [3.05, 3.63) is 121 Å². The predicted octanol–water partition coefficient (Wildman–Crippen LogP) is 4.73. The summed E-state index contributed by atoms with van der Waals surface area (Å²) in [5, 5.41) is 0. The van der Waals surface area contributed by atoms with Crippen LogP contribution in [-0.4, -0.2) is 9.13 Å². The molecule has 4 heteroatoms. The van der Waals surface area contributed by atoms with Crippen LogP contribution < -0.4 is 9.13 Å². The zero-order valence-electron chi connectivity index (χ0n) is 18.7. The topological polar surface area (TPSA) is 17.6 Å². The molecule has 2 heterocycles. The standard InChI is InChI=1S/C28H32N4/c1-3-25-9-7-11-27(19-25)21-31-17-15-29(23-31)13-5-6-14-30-16-18-32(24-30)22-28-12-8-10-26(4-2)20-28/h3-4,7-12,15-20,23-24H,1-2,5-6,13-14,21-22H2/q+2. The summed E-state index contributed by atoms with van der Waals surface area (Å²) in [5.41, 5.74) is 4.92. The molecule has 0 atom stereocenters. The first-order valence-corrected chi connectivity index (χ1v) is 11.2. The highest BCUT2D eigenvalue weighted by molar-refractivity contribution is 5.48. The highest BCUT2D eigenvalue weighted by Crippen LogP contribution is 2.07. The fraction of sp³-hybridized carbons (Fsp3) is 0.214. The van der Waals surface area contributed by atoms with Crippen molar-refractivity contribution in [3.63, 3.8) is 0 Å². The number of hydrogen-bond donors (Lipinski definition) is 0. The minimum Gasteiger partial charge on any atom is -0.237 e. The summed E-state index contributed by atoms with van der Waals surface area (Å²) in [5.74, 6) is 0. The number of aryl methyl sites for hydroxylation is 2. The van der Waals surface area contributed by atoms with Crippen molar-refractivity contribution >= 4 is 12.2 Å². The van der Waals surface area contributed by atoms with E-state index in [1.54, 1.807) is 0 Å². The Morgan fingerprint density at radius 1 is 0.688 bits per heavy atom. The van der Waals surface area contributed by atoms with Gasteiger partial charge in [-0.25, -0.2) is 18.3 Å². The van der Waals surface area contributed by atoms with Gasteiger partial charge in [-0.1, -0.05) is 61.7 Å². The van der Waals surface area contributed by atoms with Crippen molar-refractivity contribution in [3.8, 4) is 0 Å². The highest BCUT2D eigenvalue weighted by Gasteiger charge is 2.07. The number of unbranched alkanes of at least 4 members (excludes halogenated alkanes) is 1. The normalized spacial score (nSPS) is 10.9. The molecule has 0 fully saturated rings. The number of hydrogen-bond acceptors (Lipinski definition) is 0. The average molecular weight is 425 g/mol. The summed E-state index contributed by atoms with van der Waals surface area (Å²) in [6, 6.07) is 17.1. The molecule has 0 unspecified atom stereocenters. The molecule has 0 aliphatic rings. The second-order valence-electron chi connectivity index (χ2n) is 8.25. The lowest BCUT2D eigenvalue weighted by Gasteiger charge is -2.00. The third-order valence-corrected chi connectivity index (χ3v) is 5.68. The van der Waals surface area contributed by atoms with E-state index in [4.69, 9.17) is 0 Å². The zero-order chi connectivity index (χ0) is 22.2. The van der Waals surface area contributed by atoms with Gasteiger partial charge in [0.1, 0.15) is 37.9 Å². The van der Waals surface area contributed by atoms with Crippen molar-refractivity contribution in [2.45, 2.75) is 39.0 Å². The molecule has 0 aliphatic heterocycles. The third-order valence-electron chi connectivity index (χ3n) is 5.68. The van der Waals surface area contributed by atoms with Gasteiger partial charge in [0, 0.05) is 0 Å². The maximum absolute atomic E-state index is 3.86. The Bertz CT molecular complexity index is 1090. The van der Waals surface area contributed by atoms with Crippen LogP contribution in [0.2, 0.25) is 0 Å². The van der Waals surface area contributed by atoms with Crippen molar-refractivity contribution in [1.29, 1.82) is 0 Å². The molecule has 0 aliphatic carbocycles. The van der Waals surface area contributed by atoms with E-state index in [2.05, 4.69) is 117 Å². The van der Waals surface area contributed by atoms with Gasteiger partial charge in [-0.15, -0.1) is 0 Å². The van der Waals surface area contributed by atoms with E-state index in [1.165, 1.54) is 22.3 Å². The molecule has 32 heavy (non-hydrogen) atoms. The largest absolute Gasteiger partial charge is 0.244 e. The van der Waals surface area contributed by atoms with Gasteiger partial charge in [0.05, 0.1) is 13.1 Å². The SMILES string of the molecule is C=Cc1cccc(C[n+]2ccn(CCCCn3cc[n+](Cc4cccc(C=C)c4)c3)c2)c1. The second-order valence-corrected chi connectivity index (χ2v) is 8.25. The number of imidazole rings is 2. The maximum atomic E-state index is 3.86. The van der Waals surface area contributed by atoms with E-state index in [-0.39, 0.29) is 0 Å². The number of aromatic nitrogens is 4. The van der Waals surface area contributed by atoms with E-state index >= 15 is 0 Å². The van der Waals surface area contributed by atoms with Crippen molar-refractivity contribution in [2.75, 3.05) is 0 Å². The van der Waals surface area contributed by atoms with Crippen molar-refractivity contribution < 1.29 is 9.13 Å². The molecular formula is C28H32N4+2. The second kappa shape index (κ2) is 10.6. The highest BCUT2D eigenvalue weighted by atomic mass is 15.1. The molecule has 4 aromatic rings. The van der Waals surface area contributed by atoms with Crippen LogP contribution in [0.15, 0.2) is 99.1 Å². The number of benzene rings is 2. The molecule has 2 aromatic heterocycles. The van der Waals surface area contributed by atoms with Gasteiger partial charge < -0.3 is 0 Å². The average Bonchev–Trinajstić information content (AvgIpc) is 3.46. The summed E-state index contributed by atoms with van der Waals surface area (Å²) in [4.78, 5) is 0. The lowest BCUT2D eigenvalue weighted by atomic mass is 10.1. The molecular weight excluding hydrogens is 392 g/mol. The van der Waals surface area contributed by atoms with Crippen LogP contribution in [0.4, 0.5) is 0 Å². The van der Waals surface area contributed by atoms with Crippen LogP contribution in [0.1, 0.15) is 35.1 Å². The minimum atomic E-state index is 0.883. The first kappa shape index (κ1) is 21.6. The van der Waals surface area contributed by atoms with Crippen LogP contribution in [0.5, 0.6) is 0 Å². The number of rotatable bonds is 11. The van der Waals surface area contributed by atoms with E-state index in [9.17, 15) is 0 Å². The van der Waals surface area contributed by atoms with Gasteiger partial charge in [0.25, 0.3) is 0 Å². The Morgan fingerprint density at radius 2 is 1.16 bits per heavy atom.